The van der Waals surface area contributed by atoms with Crippen molar-refractivity contribution in [3.8, 4) is 0 Å². The number of hydrogen-bond donors (Lipinski definition) is 1. The van der Waals surface area contributed by atoms with Crippen LogP contribution in [0.5, 0.6) is 0 Å². The van der Waals surface area contributed by atoms with Gasteiger partial charge in [0.05, 0.1) is 6.61 Å². The van der Waals surface area contributed by atoms with E-state index in [0.717, 1.165) is 71.0 Å². The van der Waals surface area contributed by atoms with E-state index in [4.69, 9.17) is 0 Å². The van der Waals surface area contributed by atoms with Crippen LogP contribution in [0.2, 0.25) is 0 Å². The predicted molar refractivity (Wildman–Crippen MR) is 275 cm³/mol. The van der Waals surface area contributed by atoms with Crippen molar-refractivity contribution in [2.24, 2.45) is 87.3 Å². The highest BCUT2D eigenvalue weighted by molar-refractivity contribution is 5.20. The van der Waals surface area contributed by atoms with Gasteiger partial charge in [-0.05, 0) is 197 Å². The molecule has 0 heterocycles. The van der Waals surface area contributed by atoms with E-state index in [2.05, 4.69) is 115 Å². The molecule has 12 atom stereocenters. The molecule has 0 aromatic rings. The van der Waals surface area contributed by atoms with Gasteiger partial charge >= 0.3 is 0 Å². The van der Waals surface area contributed by atoms with Crippen molar-refractivity contribution in [2.75, 3.05) is 6.61 Å². The standard InChI is InChI=1S/C21H38.C20H36O.C20H36/c1-6-9-18-12-8-15-21(5)19(13-14-20(18)21)17(4)11-7-10-16(2)3;1-15(2)7-5-8-16(3)18-10-11-19-17(12-14-21)9-6-13-20(18,19)4;1-6-17-11-8-14-20(5)18(12-13-19(17)20)16(4)10-7-9-15(2)3/h9,16-17,19-20H,6-8,10-15H2,1-5H3;12,15-16,18-19,21H,5-11,13-14H2,1-4H3;6,15-16,18-19H,7-14H2,1-5H3/b18-9+;17-12+;17-6+/t17-,19?,20+,21-;2*16-,18?,19+,20-/m111/s1. The molecule has 62 heavy (non-hydrogen) atoms. The second-order valence-electron chi connectivity index (χ2n) is 25.2. The van der Waals surface area contributed by atoms with E-state index < -0.39 is 0 Å². The highest BCUT2D eigenvalue weighted by Gasteiger charge is 2.52. The summed E-state index contributed by atoms with van der Waals surface area (Å²) in [5.41, 5.74) is 6.94. The smallest absolute Gasteiger partial charge is 0.0615 e. The maximum atomic E-state index is 9.29. The third-order valence-corrected chi connectivity index (χ3v) is 19.7. The SMILES string of the molecule is C/C=C1\CCC[C@]2(C)C([C@H](C)CCCC(C)C)CC[C@@H]12.CC(C)CCC[C@@H](C)C1CC[C@H]2/C(=C/CO)CCC[C@]12C.CC/C=C1\CCC[C@]2(C)C([C@H](C)CCCC(C)C)CC[C@@H]12. The van der Waals surface area contributed by atoms with Gasteiger partial charge in [0.2, 0.25) is 0 Å². The van der Waals surface area contributed by atoms with Crippen LogP contribution in [-0.2, 0) is 0 Å². The first-order valence-electron chi connectivity index (χ1n) is 28.1. The van der Waals surface area contributed by atoms with Crippen molar-refractivity contribution >= 4 is 0 Å². The molecule has 1 heteroatoms. The number of fused-ring (bicyclic) bond motifs is 3. The fourth-order valence-corrected chi connectivity index (χ4v) is 16.4. The van der Waals surface area contributed by atoms with Gasteiger partial charge in [-0.25, -0.2) is 0 Å². The number of aliphatic hydroxyl groups is 1. The van der Waals surface area contributed by atoms with Gasteiger partial charge in [0, 0.05) is 0 Å². The third-order valence-electron chi connectivity index (χ3n) is 19.7. The van der Waals surface area contributed by atoms with Crippen molar-refractivity contribution in [1.29, 1.82) is 0 Å². The summed E-state index contributed by atoms with van der Waals surface area (Å²) in [5, 5.41) is 9.29. The lowest BCUT2D eigenvalue weighted by atomic mass is 9.60. The Hall–Kier alpha value is -0.820. The summed E-state index contributed by atoms with van der Waals surface area (Å²) in [6.07, 6.45) is 42.4. The van der Waals surface area contributed by atoms with Gasteiger partial charge in [0.25, 0.3) is 0 Å². The highest BCUT2D eigenvalue weighted by atomic mass is 16.2. The topological polar surface area (TPSA) is 20.2 Å². The van der Waals surface area contributed by atoms with Crippen LogP contribution in [0.15, 0.2) is 34.9 Å². The molecular weight excluding hydrogens is 749 g/mol. The molecule has 6 aliphatic carbocycles. The van der Waals surface area contributed by atoms with Crippen LogP contribution in [0.4, 0.5) is 0 Å². The molecule has 0 saturated heterocycles. The Morgan fingerprint density at radius 1 is 0.484 bits per heavy atom. The lowest BCUT2D eigenvalue weighted by Crippen LogP contribution is -2.36. The number of rotatable bonds is 17. The molecular formula is C61H110O. The monoisotopic (exact) mass is 859 g/mol. The summed E-state index contributed by atoms with van der Waals surface area (Å²) in [6.45, 7) is 34.3. The second-order valence-corrected chi connectivity index (χ2v) is 25.2. The lowest BCUT2D eigenvalue weighted by Gasteiger charge is -2.44. The molecule has 0 spiro atoms. The van der Waals surface area contributed by atoms with Gasteiger partial charge in [0.1, 0.15) is 0 Å². The first-order chi connectivity index (χ1) is 29.5. The minimum Gasteiger partial charge on any atom is -0.392 e. The largest absolute Gasteiger partial charge is 0.392 e. The number of aliphatic hydroxyl groups excluding tert-OH is 1. The van der Waals surface area contributed by atoms with Crippen LogP contribution >= 0.6 is 0 Å². The van der Waals surface area contributed by atoms with Crippen LogP contribution in [-0.4, -0.2) is 11.7 Å². The Bertz CT molecular complexity index is 1310. The zero-order chi connectivity index (χ0) is 45.7. The van der Waals surface area contributed by atoms with Crippen LogP contribution in [0.3, 0.4) is 0 Å². The van der Waals surface area contributed by atoms with Crippen LogP contribution < -0.4 is 0 Å². The van der Waals surface area contributed by atoms with Crippen molar-refractivity contribution in [3.05, 3.63) is 34.9 Å². The molecule has 0 amide bonds. The van der Waals surface area contributed by atoms with E-state index in [1.807, 2.05) is 5.57 Å². The summed E-state index contributed by atoms with van der Waals surface area (Å²) in [5.74, 6) is 10.8. The Morgan fingerprint density at radius 3 is 1.11 bits per heavy atom. The van der Waals surface area contributed by atoms with E-state index >= 15 is 0 Å². The molecule has 1 nitrogen and oxygen atoms in total. The van der Waals surface area contributed by atoms with Crippen LogP contribution in [0.25, 0.3) is 0 Å². The molecule has 6 fully saturated rings. The molecule has 3 unspecified atom stereocenters. The van der Waals surface area contributed by atoms with Gasteiger partial charge in [-0.2, -0.15) is 0 Å². The fourth-order valence-electron chi connectivity index (χ4n) is 16.4. The quantitative estimate of drug-likeness (QED) is 0.145. The zero-order valence-electron chi connectivity index (χ0n) is 44.5. The molecule has 1 N–H and O–H groups in total. The van der Waals surface area contributed by atoms with Crippen LogP contribution in [0, 0.1) is 87.3 Å². The molecule has 0 aromatic carbocycles. The Morgan fingerprint density at radius 2 is 0.806 bits per heavy atom. The molecule has 6 rings (SSSR count). The van der Waals surface area contributed by atoms with Crippen molar-refractivity contribution in [2.45, 2.75) is 257 Å². The predicted octanol–water partition coefficient (Wildman–Crippen LogP) is 19.2. The number of allylic oxidation sites excluding steroid dienone is 5. The molecule has 0 bridgehead atoms. The Labute approximate surface area is 389 Å². The maximum Gasteiger partial charge on any atom is 0.0615 e. The Balaban J connectivity index is 0.000000205. The van der Waals surface area contributed by atoms with E-state index in [1.165, 1.54) is 161 Å². The Kier molecular flexibility index (Phi) is 22.0. The molecule has 6 aliphatic rings. The zero-order valence-corrected chi connectivity index (χ0v) is 44.5. The molecule has 0 aromatic heterocycles. The van der Waals surface area contributed by atoms with Crippen molar-refractivity contribution in [1.82, 2.24) is 0 Å². The van der Waals surface area contributed by atoms with Crippen molar-refractivity contribution in [3.63, 3.8) is 0 Å². The average Bonchev–Trinajstić information content (AvgIpc) is 3.88. The minimum absolute atomic E-state index is 0.233. The van der Waals surface area contributed by atoms with E-state index in [9.17, 15) is 5.11 Å². The van der Waals surface area contributed by atoms with E-state index in [1.54, 1.807) is 11.1 Å². The first kappa shape index (κ1) is 53.8. The second kappa shape index (κ2) is 25.4. The van der Waals surface area contributed by atoms with E-state index in [-0.39, 0.29) is 6.61 Å². The summed E-state index contributed by atoms with van der Waals surface area (Å²) < 4.78 is 0. The van der Waals surface area contributed by atoms with Gasteiger partial charge < -0.3 is 5.11 Å². The van der Waals surface area contributed by atoms with Gasteiger partial charge in [0.15, 0.2) is 0 Å². The van der Waals surface area contributed by atoms with Gasteiger partial charge in [-0.1, -0.05) is 183 Å². The lowest BCUT2D eigenvalue weighted by molar-refractivity contribution is 0.0923. The van der Waals surface area contributed by atoms with Crippen molar-refractivity contribution < 1.29 is 5.11 Å². The summed E-state index contributed by atoms with van der Waals surface area (Å²) in [6, 6.07) is 0. The van der Waals surface area contributed by atoms with Gasteiger partial charge in [-0.3, -0.25) is 0 Å². The molecule has 6 saturated carbocycles. The third kappa shape index (κ3) is 13.6. The van der Waals surface area contributed by atoms with Gasteiger partial charge in [-0.15, -0.1) is 0 Å². The normalized spacial score (nSPS) is 36.6. The first-order valence-corrected chi connectivity index (χ1v) is 28.1. The fraction of sp³-hybridized carbons (Fsp3) is 0.902. The summed E-state index contributed by atoms with van der Waals surface area (Å²) in [4.78, 5) is 0. The molecule has 360 valence electrons. The summed E-state index contributed by atoms with van der Waals surface area (Å²) >= 11 is 0. The minimum atomic E-state index is 0.233. The molecule has 0 aliphatic heterocycles. The van der Waals surface area contributed by atoms with E-state index in [0.29, 0.717) is 16.2 Å². The summed E-state index contributed by atoms with van der Waals surface area (Å²) in [7, 11) is 0. The average molecular weight is 860 g/mol. The highest BCUT2D eigenvalue weighted by Crippen LogP contribution is 2.62. The van der Waals surface area contributed by atoms with Crippen LogP contribution in [0.1, 0.15) is 257 Å². The maximum absolute atomic E-state index is 9.29. The molecule has 0 radical (unpaired) electrons. The number of hydrogen-bond acceptors (Lipinski definition) is 1.